The zero-order valence-corrected chi connectivity index (χ0v) is 13.9. The number of hydrogen-bond acceptors (Lipinski definition) is 4. The molecule has 2 fully saturated rings. The Morgan fingerprint density at radius 1 is 1.41 bits per heavy atom. The van der Waals surface area contributed by atoms with Gasteiger partial charge in [0, 0.05) is 24.9 Å². The van der Waals surface area contributed by atoms with Gasteiger partial charge in [-0.3, -0.25) is 9.59 Å². The fourth-order valence-electron chi connectivity index (χ4n) is 3.13. The summed E-state index contributed by atoms with van der Waals surface area (Å²) in [6.07, 6.45) is 0. The Kier molecular flexibility index (Phi) is 3.49. The van der Waals surface area contributed by atoms with E-state index >= 15 is 0 Å². The first-order valence-electron chi connectivity index (χ1n) is 7.33. The molecule has 2 heterocycles. The third-order valence-corrected chi connectivity index (χ3v) is 5.85. The first-order valence-corrected chi connectivity index (χ1v) is 8.21. The van der Waals surface area contributed by atoms with Crippen molar-refractivity contribution in [3.05, 3.63) is 35.9 Å². The van der Waals surface area contributed by atoms with Crippen molar-refractivity contribution in [3.8, 4) is 0 Å². The van der Waals surface area contributed by atoms with Crippen LogP contribution in [0.3, 0.4) is 0 Å². The van der Waals surface area contributed by atoms with E-state index in [-0.39, 0.29) is 21.9 Å². The largest absolute Gasteiger partial charge is 0.339 e. The average Bonchev–Trinajstić information content (AvgIpc) is 2.80. The van der Waals surface area contributed by atoms with Gasteiger partial charge >= 0.3 is 0 Å². The molecule has 2 amide bonds. The SMILES string of the molecule is CN(Cc1ccccc1)C(=O)C1(N)C(=O)N2CC(C)(C)S[C@@H]21. The minimum atomic E-state index is -1.41. The molecule has 0 aliphatic carbocycles. The van der Waals surface area contributed by atoms with Crippen LogP contribution in [-0.2, 0) is 16.1 Å². The Labute approximate surface area is 134 Å². The van der Waals surface area contributed by atoms with Gasteiger partial charge in [0.2, 0.25) is 5.54 Å². The van der Waals surface area contributed by atoms with Crippen LogP contribution in [0, 0.1) is 0 Å². The molecule has 2 N–H and O–H groups in total. The maximum absolute atomic E-state index is 12.8. The lowest BCUT2D eigenvalue weighted by Gasteiger charge is -2.49. The van der Waals surface area contributed by atoms with Crippen molar-refractivity contribution in [1.82, 2.24) is 9.80 Å². The van der Waals surface area contributed by atoms with Gasteiger partial charge in [0.25, 0.3) is 11.8 Å². The van der Waals surface area contributed by atoms with Crippen LogP contribution >= 0.6 is 11.8 Å². The molecule has 2 aliphatic rings. The number of rotatable bonds is 3. The molecule has 0 bridgehead atoms. The predicted octanol–water partition coefficient (Wildman–Crippen LogP) is 1.04. The molecule has 1 aromatic rings. The van der Waals surface area contributed by atoms with Crippen molar-refractivity contribution < 1.29 is 9.59 Å². The maximum atomic E-state index is 12.8. The van der Waals surface area contributed by atoms with Crippen molar-refractivity contribution in [2.45, 2.75) is 36.1 Å². The first-order chi connectivity index (χ1) is 10.3. The van der Waals surface area contributed by atoms with Gasteiger partial charge in [0.1, 0.15) is 5.37 Å². The molecule has 6 heteroatoms. The van der Waals surface area contributed by atoms with E-state index in [1.54, 1.807) is 28.6 Å². The fraction of sp³-hybridized carbons (Fsp3) is 0.500. The molecule has 5 nitrogen and oxygen atoms in total. The van der Waals surface area contributed by atoms with Crippen LogP contribution in [0.4, 0.5) is 0 Å². The summed E-state index contributed by atoms with van der Waals surface area (Å²) in [4.78, 5) is 28.4. The number of benzene rings is 1. The lowest BCUT2D eigenvalue weighted by atomic mass is 9.87. The predicted molar refractivity (Wildman–Crippen MR) is 87.0 cm³/mol. The highest BCUT2D eigenvalue weighted by atomic mass is 32.2. The second kappa shape index (κ2) is 4.99. The number of fused-ring (bicyclic) bond motifs is 1. The average molecular weight is 319 g/mol. The number of carbonyl (C=O) groups is 2. The first kappa shape index (κ1) is 15.4. The van der Waals surface area contributed by atoms with Gasteiger partial charge in [-0.2, -0.15) is 0 Å². The minimum absolute atomic E-state index is 0.0558. The molecule has 0 saturated carbocycles. The summed E-state index contributed by atoms with van der Waals surface area (Å²) in [7, 11) is 1.70. The van der Waals surface area contributed by atoms with E-state index in [0.29, 0.717) is 13.1 Å². The van der Waals surface area contributed by atoms with Gasteiger partial charge in [-0.05, 0) is 19.4 Å². The summed E-state index contributed by atoms with van der Waals surface area (Å²) in [5.74, 6) is -0.548. The standard InChI is InChI=1S/C16H21N3O2S/c1-15(2)10-19-13(21)16(17,14(19)22-15)12(20)18(3)9-11-7-5-4-6-8-11/h4-8,14H,9-10,17H2,1-3H3/t14-,16?/m1/s1. The summed E-state index contributed by atoms with van der Waals surface area (Å²) in [5, 5.41) is -0.249. The van der Waals surface area contributed by atoms with Crippen LogP contribution in [0.2, 0.25) is 0 Å². The van der Waals surface area contributed by atoms with Crippen LogP contribution in [0.15, 0.2) is 30.3 Å². The number of amides is 2. The molecular weight excluding hydrogens is 298 g/mol. The van der Waals surface area contributed by atoms with E-state index in [2.05, 4.69) is 13.8 Å². The van der Waals surface area contributed by atoms with Crippen molar-refractivity contribution in [3.63, 3.8) is 0 Å². The Balaban J connectivity index is 1.76. The van der Waals surface area contributed by atoms with Gasteiger partial charge in [-0.25, -0.2) is 0 Å². The highest BCUT2D eigenvalue weighted by molar-refractivity contribution is 8.01. The Morgan fingerprint density at radius 2 is 2.05 bits per heavy atom. The van der Waals surface area contributed by atoms with Gasteiger partial charge in [0.15, 0.2) is 0 Å². The number of hydrogen-bond donors (Lipinski definition) is 1. The molecule has 2 aliphatic heterocycles. The third-order valence-electron chi connectivity index (χ3n) is 4.23. The van der Waals surface area contributed by atoms with Gasteiger partial charge in [-0.1, -0.05) is 30.3 Å². The van der Waals surface area contributed by atoms with Gasteiger partial charge in [0.05, 0.1) is 0 Å². The van der Waals surface area contributed by atoms with Crippen molar-refractivity contribution in [2.75, 3.05) is 13.6 Å². The Hall–Kier alpha value is -1.53. The van der Waals surface area contributed by atoms with E-state index in [0.717, 1.165) is 5.56 Å². The second-order valence-corrected chi connectivity index (χ2v) is 8.47. The van der Waals surface area contributed by atoms with Crippen molar-refractivity contribution >= 4 is 23.6 Å². The number of carbonyl (C=O) groups excluding carboxylic acids is 2. The van der Waals surface area contributed by atoms with Gasteiger partial charge in [-0.15, -0.1) is 11.8 Å². The summed E-state index contributed by atoms with van der Waals surface area (Å²) < 4.78 is -0.0558. The third kappa shape index (κ3) is 2.21. The van der Waals surface area contributed by atoms with E-state index in [1.165, 1.54) is 0 Å². The molecule has 2 saturated heterocycles. The van der Waals surface area contributed by atoms with Gasteiger partial charge < -0.3 is 15.5 Å². The summed E-state index contributed by atoms with van der Waals surface area (Å²) in [6.45, 7) is 5.24. The molecule has 2 atom stereocenters. The number of thioether (sulfide) groups is 1. The molecule has 3 rings (SSSR count). The number of nitrogens with zero attached hydrogens (tertiary/aromatic N) is 2. The Morgan fingerprint density at radius 3 is 2.68 bits per heavy atom. The maximum Gasteiger partial charge on any atom is 0.256 e. The smallest absolute Gasteiger partial charge is 0.256 e. The molecular formula is C16H21N3O2S. The number of β-lactam (4-membered cyclic amide) rings is 1. The molecule has 0 spiro atoms. The van der Waals surface area contributed by atoms with Crippen LogP contribution in [0.5, 0.6) is 0 Å². The topological polar surface area (TPSA) is 66.6 Å². The molecule has 118 valence electrons. The monoisotopic (exact) mass is 319 g/mol. The molecule has 1 aromatic carbocycles. The normalized spacial score (nSPS) is 29.0. The summed E-state index contributed by atoms with van der Waals surface area (Å²) in [6, 6.07) is 9.69. The second-order valence-electron chi connectivity index (χ2n) is 6.68. The molecule has 0 radical (unpaired) electrons. The molecule has 0 aromatic heterocycles. The lowest BCUT2D eigenvalue weighted by Crippen LogP contribution is -2.80. The lowest BCUT2D eigenvalue weighted by molar-refractivity contribution is -0.163. The molecule has 1 unspecified atom stereocenters. The van der Waals surface area contributed by atoms with E-state index in [1.807, 2.05) is 30.3 Å². The summed E-state index contributed by atoms with van der Waals surface area (Å²) >= 11 is 1.61. The highest BCUT2D eigenvalue weighted by Gasteiger charge is 2.68. The molecule has 22 heavy (non-hydrogen) atoms. The van der Waals surface area contributed by atoms with Crippen LogP contribution in [-0.4, -0.2) is 50.9 Å². The number of likely N-dealkylation sites (N-methyl/N-ethyl adjacent to an activating group) is 1. The highest BCUT2D eigenvalue weighted by Crippen LogP contribution is 2.50. The van der Waals surface area contributed by atoms with Crippen molar-refractivity contribution in [2.24, 2.45) is 5.73 Å². The quantitative estimate of drug-likeness (QED) is 0.668. The van der Waals surface area contributed by atoms with E-state index in [4.69, 9.17) is 5.73 Å². The van der Waals surface area contributed by atoms with Crippen LogP contribution < -0.4 is 5.73 Å². The van der Waals surface area contributed by atoms with Crippen LogP contribution in [0.1, 0.15) is 19.4 Å². The zero-order chi connectivity index (χ0) is 16.1. The minimum Gasteiger partial charge on any atom is -0.339 e. The number of nitrogens with two attached hydrogens (primary N) is 1. The Bertz CT molecular complexity index is 619. The fourth-order valence-corrected chi connectivity index (χ4v) is 4.64. The van der Waals surface area contributed by atoms with Crippen LogP contribution in [0.25, 0.3) is 0 Å². The summed E-state index contributed by atoms with van der Waals surface area (Å²) in [5.41, 5.74) is 5.85. The van der Waals surface area contributed by atoms with Crippen molar-refractivity contribution in [1.29, 1.82) is 0 Å². The van der Waals surface area contributed by atoms with E-state index < -0.39 is 5.54 Å². The zero-order valence-electron chi connectivity index (χ0n) is 13.1. The van der Waals surface area contributed by atoms with E-state index in [9.17, 15) is 9.59 Å².